The van der Waals surface area contributed by atoms with Crippen molar-refractivity contribution >= 4 is 6.29 Å². The van der Waals surface area contributed by atoms with Gasteiger partial charge in [-0.3, -0.25) is 4.79 Å². The average molecular weight is 188 g/mol. The maximum Gasteiger partial charge on any atom is 0.170 e. The number of aromatic nitrogens is 4. The summed E-state index contributed by atoms with van der Waals surface area (Å²) in [6, 6.07) is 0. The van der Waals surface area contributed by atoms with Crippen LogP contribution < -0.4 is 0 Å². The SMILES string of the molecule is Cc1cn(-c2cncnc2)nc1C=O. The number of aldehydes is 1. The molecule has 2 aromatic rings. The summed E-state index contributed by atoms with van der Waals surface area (Å²) in [5, 5.41) is 4.07. The number of aryl methyl sites for hydroxylation is 1. The lowest BCUT2D eigenvalue weighted by atomic mass is 10.3. The van der Waals surface area contributed by atoms with E-state index in [1.165, 1.54) is 6.33 Å². The Bertz CT molecular complexity index is 449. The van der Waals surface area contributed by atoms with Crippen molar-refractivity contribution in [2.24, 2.45) is 0 Å². The van der Waals surface area contributed by atoms with Gasteiger partial charge in [-0.05, 0) is 12.5 Å². The van der Waals surface area contributed by atoms with Crippen molar-refractivity contribution < 1.29 is 4.79 Å². The van der Waals surface area contributed by atoms with Crippen LogP contribution in [0.25, 0.3) is 5.69 Å². The third-order valence-corrected chi connectivity index (χ3v) is 1.86. The minimum atomic E-state index is 0.439. The van der Waals surface area contributed by atoms with Gasteiger partial charge in [0.25, 0.3) is 0 Å². The fraction of sp³-hybridized carbons (Fsp3) is 0.111. The molecule has 0 N–H and O–H groups in total. The molecular weight excluding hydrogens is 180 g/mol. The first-order valence-corrected chi connectivity index (χ1v) is 4.08. The molecule has 0 aromatic carbocycles. The first-order valence-electron chi connectivity index (χ1n) is 4.08. The van der Waals surface area contributed by atoms with E-state index in [0.29, 0.717) is 5.69 Å². The lowest BCUT2D eigenvalue weighted by Gasteiger charge is -1.96. The van der Waals surface area contributed by atoms with E-state index in [2.05, 4.69) is 15.1 Å². The smallest absolute Gasteiger partial charge is 0.170 e. The van der Waals surface area contributed by atoms with E-state index in [1.54, 1.807) is 23.3 Å². The molecule has 0 spiro atoms. The summed E-state index contributed by atoms with van der Waals surface area (Å²) in [6.07, 6.45) is 7.21. The summed E-state index contributed by atoms with van der Waals surface area (Å²) in [4.78, 5) is 18.3. The quantitative estimate of drug-likeness (QED) is 0.653. The Kier molecular flexibility index (Phi) is 2.06. The van der Waals surface area contributed by atoms with Crippen LogP contribution in [-0.2, 0) is 0 Å². The van der Waals surface area contributed by atoms with Crippen molar-refractivity contribution in [3.63, 3.8) is 0 Å². The minimum absolute atomic E-state index is 0.439. The topological polar surface area (TPSA) is 60.7 Å². The molecule has 0 amide bonds. The highest BCUT2D eigenvalue weighted by atomic mass is 16.1. The van der Waals surface area contributed by atoms with E-state index in [0.717, 1.165) is 17.5 Å². The summed E-state index contributed by atoms with van der Waals surface area (Å²) in [6.45, 7) is 1.83. The Morgan fingerprint density at radius 1 is 1.36 bits per heavy atom. The van der Waals surface area contributed by atoms with Crippen molar-refractivity contribution in [3.8, 4) is 5.69 Å². The predicted molar refractivity (Wildman–Crippen MR) is 49.3 cm³/mol. The van der Waals surface area contributed by atoms with Crippen LogP contribution in [0.2, 0.25) is 0 Å². The molecule has 0 saturated heterocycles. The molecule has 2 aromatic heterocycles. The van der Waals surface area contributed by atoms with Gasteiger partial charge in [0.2, 0.25) is 0 Å². The fourth-order valence-corrected chi connectivity index (χ4v) is 1.13. The second-order valence-corrected chi connectivity index (χ2v) is 2.86. The van der Waals surface area contributed by atoms with Gasteiger partial charge in [-0.2, -0.15) is 5.10 Å². The van der Waals surface area contributed by atoms with Gasteiger partial charge in [-0.15, -0.1) is 0 Å². The number of rotatable bonds is 2. The second-order valence-electron chi connectivity index (χ2n) is 2.86. The van der Waals surface area contributed by atoms with E-state index < -0.39 is 0 Å². The van der Waals surface area contributed by atoms with Crippen molar-refractivity contribution in [2.45, 2.75) is 6.92 Å². The third-order valence-electron chi connectivity index (χ3n) is 1.86. The molecule has 14 heavy (non-hydrogen) atoms. The summed E-state index contributed by atoms with van der Waals surface area (Å²) < 4.78 is 1.58. The predicted octanol–water partition coefficient (Wildman–Crippen LogP) is 0.783. The van der Waals surface area contributed by atoms with E-state index in [4.69, 9.17) is 0 Å². The van der Waals surface area contributed by atoms with Crippen molar-refractivity contribution in [2.75, 3.05) is 0 Å². The molecule has 5 heteroatoms. The molecule has 5 nitrogen and oxygen atoms in total. The highest BCUT2D eigenvalue weighted by Gasteiger charge is 2.04. The number of hydrogen-bond donors (Lipinski definition) is 0. The summed E-state index contributed by atoms with van der Waals surface area (Å²) >= 11 is 0. The van der Waals surface area contributed by atoms with E-state index in [9.17, 15) is 4.79 Å². The molecule has 0 bridgehead atoms. The summed E-state index contributed by atoms with van der Waals surface area (Å²) in [5.74, 6) is 0. The Morgan fingerprint density at radius 3 is 2.64 bits per heavy atom. The normalized spacial score (nSPS) is 10.1. The molecule has 2 heterocycles. The average Bonchev–Trinajstić information content (AvgIpc) is 2.61. The van der Waals surface area contributed by atoms with Gasteiger partial charge in [-0.1, -0.05) is 0 Å². The van der Waals surface area contributed by atoms with Crippen LogP contribution in [0.5, 0.6) is 0 Å². The zero-order chi connectivity index (χ0) is 9.97. The summed E-state index contributed by atoms with van der Waals surface area (Å²) in [5.41, 5.74) is 2.02. The van der Waals surface area contributed by atoms with Gasteiger partial charge in [0, 0.05) is 6.20 Å². The zero-order valence-corrected chi connectivity index (χ0v) is 7.58. The van der Waals surface area contributed by atoms with E-state index >= 15 is 0 Å². The van der Waals surface area contributed by atoms with Crippen LogP contribution in [0.15, 0.2) is 24.9 Å². The van der Waals surface area contributed by atoms with Crippen molar-refractivity contribution in [3.05, 3.63) is 36.2 Å². The Balaban J connectivity index is 2.48. The van der Waals surface area contributed by atoms with E-state index in [-0.39, 0.29) is 0 Å². The van der Waals surface area contributed by atoms with Crippen LogP contribution in [0, 0.1) is 6.92 Å². The molecule has 0 aliphatic heterocycles. The van der Waals surface area contributed by atoms with Gasteiger partial charge >= 0.3 is 0 Å². The Labute approximate surface area is 80.4 Å². The highest BCUT2D eigenvalue weighted by molar-refractivity contribution is 5.73. The third kappa shape index (κ3) is 1.39. The van der Waals surface area contributed by atoms with Gasteiger partial charge in [0.05, 0.1) is 12.4 Å². The standard InChI is InChI=1S/C9H8N4O/c1-7-4-13(12-9(7)5-14)8-2-10-6-11-3-8/h2-6H,1H3. The van der Waals surface area contributed by atoms with Crippen LogP contribution in [0.4, 0.5) is 0 Å². The lowest BCUT2D eigenvalue weighted by Crippen LogP contribution is -1.96. The zero-order valence-electron chi connectivity index (χ0n) is 7.58. The molecule has 0 saturated carbocycles. The molecule has 0 atom stereocenters. The maximum absolute atomic E-state index is 10.6. The number of carbonyl (C=O) groups excluding carboxylic acids is 1. The second kappa shape index (κ2) is 3.37. The lowest BCUT2D eigenvalue weighted by molar-refractivity contribution is 0.111. The monoisotopic (exact) mass is 188 g/mol. The number of hydrogen-bond acceptors (Lipinski definition) is 4. The van der Waals surface area contributed by atoms with Gasteiger partial charge in [-0.25, -0.2) is 14.6 Å². The van der Waals surface area contributed by atoms with E-state index in [1.807, 2.05) is 6.92 Å². The number of nitrogens with zero attached hydrogens (tertiary/aromatic N) is 4. The maximum atomic E-state index is 10.6. The highest BCUT2D eigenvalue weighted by Crippen LogP contribution is 2.07. The minimum Gasteiger partial charge on any atom is -0.296 e. The number of carbonyl (C=O) groups is 1. The summed E-state index contributed by atoms with van der Waals surface area (Å²) in [7, 11) is 0. The molecular formula is C9H8N4O. The largest absolute Gasteiger partial charge is 0.296 e. The molecule has 0 aliphatic rings. The molecule has 0 fully saturated rings. The molecule has 0 unspecified atom stereocenters. The van der Waals surface area contributed by atoms with Crippen LogP contribution >= 0.6 is 0 Å². The van der Waals surface area contributed by atoms with Crippen molar-refractivity contribution in [1.29, 1.82) is 0 Å². The van der Waals surface area contributed by atoms with Crippen LogP contribution in [-0.4, -0.2) is 26.0 Å². The first-order chi connectivity index (χ1) is 6.81. The fourth-order valence-electron chi connectivity index (χ4n) is 1.13. The Morgan fingerprint density at radius 2 is 2.07 bits per heavy atom. The van der Waals surface area contributed by atoms with Crippen molar-refractivity contribution in [1.82, 2.24) is 19.7 Å². The molecule has 2 rings (SSSR count). The van der Waals surface area contributed by atoms with Gasteiger partial charge in [0.15, 0.2) is 6.29 Å². The molecule has 0 radical (unpaired) electrons. The van der Waals surface area contributed by atoms with Gasteiger partial charge in [0.1, 0.15) is 17.7 Å². The first kappa shape index (κ1) is 8.55. The van der Waals surface area contributed by atoms with Crippen LogP contribution in [0.3, 0.4) is 0 Å². The Hall–Kier alpha value is -2.04. The molecule has 70 valence electrons. The molecule has 0 aliphatic carbocycles. The van der Waals surface area contributed by atoms with Crippen LogP contribution in [0.1, 0.15) is 16.1 Å². The van der Waals surface area contributed by atoms with Gasteiger partial charge < -0.3 is 0 Å².